The van der Waals surface area contributed by atoms with Crippen molar-refractivity contribution < 1.29 is 9.84 Å². The zero-order valence-corrected chi connectivity index (χ0v) is 12.5. The molecule has 0 amide bonds. The SMILES string of the molecule is OC[C@]12COCC[C@H]1CN(C1CSCCSC1)C2. The summed E-state index contributed by atoms with van der Waals surface area (Å²) in [5.74, 6) is 5.78. The van der Waals surface area contributed by atoms with E-state index in [1.54, 1.807) is 0 Å². The fourth-order valence-electron chi connectivity index (χ4n) is 3.46. The molecule has 3 aliphatic rings. The number of hydrogen-bond donors (Lipinski definition) is 1. The maximum atomic E-state index is 9.81. The number of rotatable bonds is 2. The van der Waals surface area contributed by atoms with Crippen LogP contribution in [0, 0.1) is 11.3 Å². The lowest BCUT2D eigenvalue weighted by Crippen LogP contribution is -2.44. The van der Waals surface area contributed by atoms with Crippen molar-refractivity contribution in [2.75, 3.05) is 55.9 Å². The van der Waals surface area contributed by atoms with E-state index in [0.717, 1.165) is 26.2 Å². The third-order valence-corrected chi connectivity index (χ3v) is 7.15. The molecule has 0 aromatic rings. The lowest BCUT2D eigenvalue weighted by Gasteiger charge is -2.36. The Morgan fingerprint density at radius 1 is 1.28 bits per heavy atom. The molecule has 0 saturated carbocycles. The van der Waals surface area contributed by atoms with Crippen LogP contribution in [-0.2, 0) is 4.74 Å². The number of likely N-dealkylation sites (tertiary alicyclic amines) is 1. The highest BCUT2D eigenvalue weighted by Crippen LogP contribution is 2.42. The highest BCUT2D eigenvalue weighted by molar-refractivity contribution is 8.03. The Balaban J connectivity index is 1.68. The first-order chi connectivity index (χ1) is 8.84. The molecule has 104 valence electrons. The summed E-state index contributed by atoms with van der Waals surface area (Å²) in [5.41, 5.74) is 0.0416. The highest BCUT2D eigenvalue weighted by Gasteiger charge is 2.49. The number of hydrogen-bond acceptors (Lipinski definition) is 5. The molecule has 0 aromatic heterocycles. The minimum absolute atomic E-state index is 0.0416. The molecule has 5 heteroatoms. The number of ether oxygens (including phenoxy) is 1. The van der Waals surface area contributed by atoms with Crippen molar-refractivity contribution in [1.82, 2.24) is 4.90 Å². The summed E-state index contributed by atoms with van der Waals surface area (Å²) in [7, 11) is 0. The van der Waals surface area contributed by atoms with E-state index in [1.165, 1.54) is 29.6 Å². The highest BCUT2D eigenvalue weighted by atomic mass is 32.2. The van der Waals surface area contributed by atoms with Gasteiger partial charge in [0.1, 0.15) is 0 Å². The second kappa shape index (κ2) is 5.92. The van der Waals surface area contributed by atoms with Gasteiger partial charge in [-0.1, -0.05) is 0 Å². The van der Waals surface area contributed by atoms with E-state index in [4.69, 9.17) is 4.74 Å². The van der Waals surface area contributed by atoms with Gasteiger partial charge in [-0.05, 0) is 12.3 Å². The molecule has 3 fully saturated rings. The fraction of sp³-hybridized carbons (Fsp3) is 1.00. The van der Waals surface area contributed by atoms with E-state index in [2.05, 4.69) is 28.4 Å². The van der Waals surface area contributed by atoms with Crippen LogP contribution >= 0.6 is 23.5 Å². The first kappa shape index (κ1) is 13.6. The Morgan fingerprint density at radius 2 is 2.06 bits per heavy atom. The quantitative estimate of drug-likeness (QED) is 0.825. The normalized spacial score (nSPS) is 39.5. The van der Waals surface area contributed by atoms with Gasteiger partial charge in [-0.25, -0.2) is 0 Å². The molecule has 0 bridgehead atoms. The third-order valence-electron chi connectivity index (χ3n) is 4.66. The van der Waals surface area contributed by atoms with Gasteiger partial charge in [0.05, 0.1) is 13.2 Å². The van der Waals surface area contributed by atoms with Crippen molar-refractivity contribution >= 4 is 23.5 Å². The summed E-state index contributed by atoms with van der Waals surface area (Å²) in [6.45, 7) is 4.16. The van der Waals surface area contributed by atoms with Crippen molar-refractivity contribution in [2.24, 2.45) is 11.3 Å². The molecule has 3 heterocycles. The van der Waals surface area contributed by atoms with Crippen LogP contribution in [0.2, 0.25) is 0 Å². The molecule has 2 atom stereocenters. The zero-order chi connectivity index (χ0) is 12.4. The van der Waals surface area contributed by atoms with Crippen molar-refractivity contribution in [3.8, 4) is 0 Å². The van der Waals surface area contributed by atoms with E-state index < -0.39 is 0 Å². The predicted octanol–water partition coefficient (Wildman–Crippen LogP) is 1.17. The van der Waals surface area contributed by atoms with Crippen LogP contribution in [-0.4, -0.2) is 72.0 Å². The van der Waals surface area contributed by atoms with Crippen molar-refractivity contribution in [3.63, 3.8) is 0 Å². The predicted molar refractivity (Wildman–Crippen MR) is 78.5 cm³/mol. The Hall–Kier alpha value is 0.580. The number of aliphatic hydroxyl groups is 1. The third kappa shape index (κ3) is 2.57. The molecule has 0 unspecified atom stereocenters. The molecule has 0 aliphatic carbocycles. The van der Waals surface area contributed by atoms with Gasteiger partial charge in [0.15, 0.2) is 0 Å². The number of fused-ring (bicyclic) bond motifs is 1. The van der Waals surface area contributed by atoms with Gasteiger partial charge in [-0.3, -0.25) is 4.90 Å². The van der Waals surface area contributed by atoms with Gasteiger partial charge in [-0.15, -0.1) is 0 Å². The Kier molecular flexibility index (Phi) is 4.46. The summed E-state index contributed by atoms with van der Waals surface area (Å²) in [6, 6.07) is 0.705. The average Bonchev–Trinajstić information content (AvgIpc) is 2.59. The number of nitrogens with zero attached hydrogens (tertiary/aromatic N) is 1. The first-order valence-electron chi connectivity index (χ1n) is 6.92. The van der Waals surface area contributed by atoms with Gasteiger partial charge in [0, 0.05) is 54.2 Å². The molecule has 3 saturated heterocycles. The smallest absolute Gasteiger partial charge is 0.0559 e. The van der Waals surface area contributed by atoms with Crippen molar-refractivity contribution in [1.29, 1.82) is 0 Å². The Bertz CT molecular complexity index is 284. The van der Waals surface area contributed by atoms with Crippen LogP contribution in [0.25, 0.3) is 0 Å². The molecule has 1 N–H and O–H groups in total. The summed E-state index contributed by atoms with van der Waals surface area (Å²) in [5, 5.41) is 9.81. The summed E-state index contributed by atoms with van der Waals surface area (Å²) in [6.07, 6.45) is 1.13. The molecular formula is C13H23NO2S2. The molecule has 18 heavy (non-hydrogen) atoms. The molecule has 0 radical (unpaired) electrons. The van der Waals surface area contributed by atoms with Crippen LogP contribution < -0.4 is 0 Å². The maximum absolute atomic E-state index is 9.81. The first-order valence-corrected chi connectivity index (χ1v) is 9.23. The monoisotopic (exact) mass is 289 g/mol. The van der Waals surface area contributed by atoms with E-state index >= 15 is 0 Å². The molecule has 3 rings (SSSR count). The molecular weight excluding hydrogens is 266 g/mol. The minimum atomic E-state index is 0.0416. The average molecular weight is 289 g/mol. The topological polar surface area (TPSA) is 32.7 Å². The fourth-order valence-corrected chi connectivity index (χ4v) is 6.08. The molecule has 0 spiro atoms. The molecule has 3 nitrogen and oxygen atoms in total. The van der Waals surface area contributed by atoms with E-state index in [1.807, 2.05) is 0 Å². The number of aliphatic hydroxyl groups excluding tert-OH is 1. The van der Waals surface area contributed by atoms with Crippen molar-refractivity contribution in [3.05, 3.63) is 0 Å². The molecule has 3 aliphatic heterocycles. The standard InChI is InChI=1S/C13H23NO2S2/c15-9-13-8-14(5-11(13)1-2-16-10-13)12-6-17-3-4-18-7-12/h11-12,15H,1-10H2/t11-,13+/m0/s1. The van der Waals surface area contributed by atoms with Crippen molar-refractivity contribution in [2.45, 2.75) is 12.5 Å². The van der Waals surface area contributed by atoms with Crippen LogP contribution in [0.5, 0.6) is 0 Å². The maximum Gasteiger partial charge on any atom is 0.0559 e. The summed E-state index contributed by atoms with van der Waals surface area (Å²) >= 11 is 4.19. The van der Waals surface area contributed by atoms with E-state index in [-0.39, 0.29) is 5.41 Å². The lowest BCUT2D eigenvalue weighted by atomic mass is 9.76. The van der Waals surface area contributed by atoms with Gasteiger partial charge in [-0.2, -0.15) is 23.5 Å². The minimum Gasteiger partial charge on any atom is -0.396 e. The Morgan fingerprint density at radius 3 is 2.72 bits per heavy atom. The van der Waals surface area contributed by atoms with Gasteiger partial charge in [0.2, 0.25) is 0 Å². The van der Waals surface area contributed by atoms with Gasteiger partial charge < -0.3 is 9.84 Å². The van der Waals surface area contributed by atoms with Crippen LogP contribution in [0.15, 0.2) is 0 Å². The lowest BCUT2D eigenvalue weighted by molar-refractivity contribution is -0.0563. The van der Waals surface area contributed by atoms with Gasteiger partial charge >= 0.3 is 0 Å². The summed E-state index contributed by atoms with van der Waals surface area (Å²) < 4.78 is 5.64. The zero-order valence-electron chi connectivity index (χ0n) is 10.8. The Labute approximate surface area is 118 Å². The van der Waals surface area contributed by atoms with E-state index in [0.29, 0.717) is 18.6 Å². The summed E-state index contributed by atoms with van der Waals surface area (Å²) in [4.78, 5) is 2.64. The van der Waals surface area contributed by atoms with E-state index in [9.17, 15) is 5.11 Å². The van der Waals surface area contributed by atoms with Crippen LogP contribution in [0.3, 0.4) is 0 Å². The van der Waals surface area contributed by atoms with Crippen LogP contribution in [0.4, 0.5) is 0 Å². The number of thioether (sulfide) groups is 2. The second-order valence-electron chi connectivity index (χ2n) is 5.79. The van der Waals surface area contributed by atoms with Crippen LogP contribution in [0.1, 0.15) is 6.42 Å². The van der Waals surface area contributed by atoms with Gasteiger partial charge in [0.25, 0.3) is 0 Å². The largest absolute Gasteiger partial charge is 0.396 e. The second-order valence-corrected chi connectivity index (χ2v) is 8.09. The molecule has 0 aromatic carbocycles.